The van der Waals surface area contributed by atoms with Crippen LogP contribution in [0.15, 0.2) is 36.4 Å². The van der Waals surface area contributed by atoms with Gasteiger partial charge in [0.1, 0.15) is 5.75 Å². The highest BCUT2D eigenvalue weighted by atomic mass is 16.3. The fourth-order valence-corrected chi connectivity index (χ4v) is 2.20. The van der Waals surface area contributed by atoms with Crippen LogP contribution in [0.3, 0.4) is 0 Å². The van der Waals surface area contributed by atoms with Crippen LogP contribution in [0.5, 0.6) is 5.75 Å². The van der Waals surface area contributed by atoms with Crippen molar-refractivity contribution in [3.8, 4) is 5.75 Å². The van der Waals surface area contributed by atoms with Gasteiger partial charge < -0.3 is 16.2 Å². The summed E-state index contributed by atoms with van der Waals surface area (Å²) in [6, 6.07) is 10.9. The summed E-state index contributed by atoms with van der Waals surface area (Å²) in [6.07, 6.45) is 2.07. The number of phenolic OH excluding ortho intramolecular Hbond substituents is 1. The van der Waals surface area contributed by atoms with E-state index in [9.17, 15) is 9.90 Å². The first-order valence-electron chi connectivity index (χ1n) is 6.84. The molecule has 2 aromatic rings. The van der Waals surface area contributed by atoms with E-state index in [1.165, 1.54) is 0 Å². The molecule has 1 amide bonds. The number of hydrogen-bond acceptors (Lipinski definition) is 3. The van der Waals surface area contributed by atoms with Gasteiger partial charge in [-0.3, -0.25) is 4.79 Å². The van der Waals surface area contributed by atoms with Crippen molar-refractivity contribution >= 4 is 22.4 Å². The molecule has 1 atom stereocenters. The molecule has 0 aromatic heterocycles. The van der Waals surface area contributed by atoms with Crippen LogP contribution < -0.4 is 11.1 Å². The summed E-state index contributed by atoms with van der Waals surface area (Å²) in [5.41, 5.74) is 6.39. The molecule has 0 fully saturated rings. The number of nitrogens with two attached hydrogens (primary N) is 1. The van der Waals surface area contributed by atoms with E-state index in [0.717, 1.165) is 29.3 Å². The topological polar surface area (TPSA) is 75.4 Å². The minimum absolute atomic E-state index is 0.0264. The van der Waals surface area contributed by atoms with Crippen molar-refractivity contribution in [2.45, 2.75) is 32.2 Å². The molecule has 4 nitrogen and oxygen atoms in total. The average molecular weight is 272 g/mol. The standard InChI is InChI=1S/C16H20N2O2/c1-11(17)5-2-10-16(20)18-14-8-3-7-13-12(14)6-4-9-15(13)19/h3-4,6-9,11,19H,2,5,10,17H2,1H3,(H,18,20). The molecular weight excluding hydrogens is 252 g/mol. The van der Waals surface area contributed by atoms with Crippen LogP contribution in [0.1, 0.15) is 26.2 Å². The molecule has 20 heavy (non-hydrogen) atoms. The van der Waals surface area contributed by atoms with E-state index in [1.54, 1.807) is 12.1 Å². The lowest BCUT2D eigenvalue weighted by Gasteiger charge is -2.10. The van der Waals surface area contributed by atoms with Crippen molar-refractivity contribution in [2.75, 3.05) is 5.32 Å². The lowest BCUT2D eigenvalue weighted by Crippen LogP contribution is -2.16. The number of rotatable bonds is 5. The number of phenols is 1. The van der Waals surface area contributed by atoms with Crippen molar-refractivity contribution in [3.05, 3.63) is 36.4 Å². The Morgan fingerprint density at radius 2 is 1.95 bits per heavy atom. The smallest absolute Gasteiger partial charge is 0.224 e. The molecule has 0 spiro atoms. The van der Waals surface area contributed by atoms with Crippen molar-refractivity contribution in [3.63, 3.8) is 0 Å². The maximum atomic E-state index is 11.9. The number of hydrogen-bond donors (Lipinski definition) is 3. The largest absolute Gasteiger partial charge is 0.507 e. The highest BCUT2D eigenvalue weighted by Crippen LogP contribution is 2.29. The highest BCUT2D eigenvalue weighted by Gasteiger charge is 2.07. The van der Waals surface area contributed by atoms with Gasteiger partial charge in [0.25, 0.3) is 0 Å². The Balaban J connectivity index is 2.10. The van der Waals surface area contributed by atoms with Crippen LogP contribution in [0.25, 0.3) is 10.8 Å². The molecule has 2 aromatic carbocycles. The zero-order valence-corrected chi connectivity index (χ0v) is 11.6. The number of carbonyl (C=O) groups excluding carboxylic acids is 1. The summed E-state index contributed by atoms with van der Waals surface area (Å²) in [5.74, 6) is 0.192. The summed E-state index contributed by atoms with van der Waals surface area (Å²) in [4.78, 5) is 11.9. The molecular formula is C16H20N2O2. The Kier molecular flexibility index (Phi) is 4.58. The number of anilines is 1. The molecule has 1 unspecified atom stereocenters. The van der Waals surface area contributed by atoms with Crippen LogP contribution in [0, 0.1) is 0 Å². The SMILES string of the molecule is CC(N)CCCC(=O)Nc1cccc2c(O)cccc12. The molecule has 0 bridgehead atoms. The van der Waals surface area contributed by atoms with E-state index in [4.69, 9.17) is 5.73 Å². The summed E-state index contributed by atoms with van der Waals surface area (Å²) in [5, 5.41) is 14.3. The second-order valence-corrected chi connectivity index (χ2v) is 5.10. The third-order valence-corrected chi connectivity index (χ3v) is 3.24. The van der Waals surface area contributed by atoms with Gasteiger partial charge in [-0.1, -0.05) is 24.3 Å². The average Bonchev–Trinajstić information content (AvgIpc) is 2.39. The van der Waals surface area contributed by atoms with E-state index in [1.807, 2.05) is 31.2 Å². The summed E-state index contributed by atoms with van der Waals surface area (Å²) in [6.45, 7) is 1.94. The molecule has 0 saturated heterocycles. The Morgan fingerprint density at radius 1 is 1.25 bits per heavy atom. The molecule has 0 aliphatic heterocycles. The second-order valence-electron chi connectivity index (χ2n) is 5.10. The zero-order valence-electron chi connectivity index (χ0n) is 11.6. The lowest BCUT2D eigenvalue weighted by molar-refractivity contribution is -0.116. The molecule has 0 saturated carbocycles. The Labute approximate surface area is 118 Å². The van der Waals surface area contributed by atoms with Gasteiger partial charge in [0, 0.05) is 28.9 Å². The van der Waals surface area contributed by atoms with Crippen LogP contribution >= 0.6 is 0 Å². The van der Waals surface area contributed by atoms with E-state index in [-0.39, 0.29) is 17.7 Å². The highest BCUT2D eigenvalue weighted by molar-refractivity contribution is 6.03. The van der Waals surface area contributed by atoms with Gasteiger partial charge in [-0.2, -0.15) is 0 Å². The van der Waals surface area contributed by atoms with E-state index < -0.39 is 0 Å². The first-order valence-corrected chi connectivity index (χ1v) is 6.84. The number of benzene rings is 2. The third kappa shape index (κ3) is 3.48. The quantitative estimate of drug-likeness (QED) is 0.783. The molecule has 4 heteroatoms. The number of amides is 1. The van der Waals surface area contributed by atoms with Gasteiger partial charge in [-0.25, -0.2) is 0 Å². The molecule has 0 heterocycles. The summed E-state index contributed by atoms with van der Waals surface area (Å²) >= 11 is 0. The van der Waals surface area contributed by atoms with Crippen molar-refractivity contribution in [2.24, 2.45) is 5.73 Å². The Morgan fingerprint density at radius 3 is 2.70 bits per heavy atom. The van der Waals surface area contributed by atoms with Gasteiger partial charge >= 0.3 is 0 Å². The third-order valence-electron chi connectivity index (χ3n) is 3.24. The van der Waals surface area contributed by atoms with Crippen molar-refractivity contribution in [1.29, 1.82) is 0 Å². The van der Waals surface area contributed by atoms with Crippen LogP contribution in [-0.2, 0) is 4.79 Å². The lowest BCUT2D eigenvalue weighted by atomic mass is 10.1. The fourth-order valence-electron chi connectivity index (χ4n) is 2.20. The Hall–Kier alpha value is -2.07. The van der Waals surface area contributed by atoms with Crippen LogP contribution in [0.4, 0.5) is 5.69 Å². The molecule has 106 valence electrons. The predicted octanol–water partition coefficient (Wildman–Crippen LogP) is 3.00. The zero-order chi connectivity index (χ0) is 14.5. The first kappa shape index (κ1) is 14.3. The van der Waals surface area contributed by atoms with Gasteiger partial charge in [0.2, 0.25) is 5.91 Å². The van der Waals surface area contributed by atoms with E-state index in [0.29, 0.717) is 6.42 Å². The predicted molar refractivity (Wildman–Crippen MR) is 81.7 cm³/mol. The maximum absolute atomic E-state index is 11.9. The summed E-state index contributed by atoms with van der Waals surface area (Å²) in [7, 11) is 0. The molecule has 0 radical (unpaired) electrons. The molecule has 0 aliphatic rings. The van der Waals surface area contributed by atoms with Crippen molar-refractivity contribution in [1.82, 2.24) is 0 Å². The molecule has 0 aliphatic carbocycles. The summed E-state index contributed by atoms with van der Waals surface area (Å²) < 4.78 is 0. The minimum atomic E-state index is -0.0264. The number of nitrogens with one attached hydrogen (secondary N) is 1. The molecule has 2 rings (SSSR count). The Bertz CT molecular complexity index is 608. The second kappa shape index (κ2) is 6.39. The molecule has 4 N–H and O–H groups in total. The van der Waals surface area contributed by atoms with E-state index >= 15 is 0 Å². The van der Waals surface area contributed by atoms with Gasteiger partial charge in [-0.15, -0.1) is 0 Å². The maximum Gasteiger partial charge on any atom is 0.224 e. The van der Waals surface area contributed by atoms with E-state index in [2.05, 4.69) is 5.32 Å². The van der Waals surface area contributed by atoms with Gasteiger partial charge in [0.15, 0.2) is 0 Å². The van der Waals surface area contributed by atoms with Crippen LogP contribution in [0.2, 0.25) is 0 Å². The number of fused-ring (bicyclic) bond motifs is 1. The normalized spacial score (nSPS) is 12.3. The minimum Gasteiger partial charge on any atom is -0.507 e. The van der Waals surface area contributed by atoms with Crippen molar-refractivity contribution < 1.29 is 9.90 Å². The number of carbonyl (C=O) groups is 1. The first-order chi connectivity index (χ1) is 9.58. The van der Waals surface area contributed by atoms with Gasteiger partial charge in [0.05, 0.1) is 0 Å². The van der Waals surface area contributed by atoms with Crippen LogP contribution in [-0.4, -0.2) is 17.1 Å². The fraction of sp³-hybridized carbons (Fsp3) is 0.312. The van der Waals surface area contributed by atoms with Gasteiger partial charge in [-0.05, 0) is 31.9 Å². The number of aromatic hydroxyl groups is 1. The monoisotopic (exact) mass is 272 g/mol.